The van der Waals surface area contributed by atoms with Crippen LogP contribution in [0.15, 0.2) is 55.0 Å². The minimum atomic E-state index is -0.250. The second-order valence-electron chi connectivity index (χ2n) is 7.83. The van der Waals surface area contributed by atoms with Gasteiger partial charge in [-0.25, -0.2) is 10.5 Å². The molecule has 2 atom stereocenters. The van der Waals surface area contributed by atoms with E-state index in [1.807, 2.05) is 24.4 Å². The van der Waals surface area contributed by atoms with Gasteiger partial charge in [0.1, 0.15) is 0 Å². The zero-order chi connectivity index (χ0) is 20.9. The van der Waals surface area contributed by atoms with E-state index in [0.717, 1.165) is 24.3 Å². The number of carbonyl (C=O) groups excluding carboxylic acids is 1. The molecule has 2 unspecified atom stereocenters. The maximum absolute atomic E-state index is 12.6. The molecule has 30 heavy (non-hydrogen) atoms. The quantitative estimate of drug-likeness (QED) is 0.585. The van der Waals surface area contributed by atoms with Crippen LogP contribution in [0.3, 0.4) is 0 Å². The van der Waals surface area contributed by atoms with Crippen LogP contribution in [-0.4, -0.2) is 35.7 Å². The van der Waals surface area contributed by atoms with Crippen LogP contribution in [0.1, 0.15) is 50.6 Å². The van der Waals surface area contributed by atoms with Gasteiger partial charge in [-0.3, -0.25) is 9.63 Å². The molecule has 2 N–H and O–H groups in total. The number of nitrogens with zero attached hydrogens (tertiary/aromatic N) is 1. The van der Waals surface area contributed by atoms with Crippen molar-refractivity contribution in [2.75, 3.05) is 19.8 Å². The largest absolute Gasteiger partial charge is 0.381 e. The van der Waals surface area contributed by atoms with E-state index < -0.39 is 0 Å². The van der Waals surface area contributed by atoms with Crippen molar-refractivity contribution in [3.8, 4) is 0 Å². The lowest BCUT2D eigenvalue weighted by molar-refractivity contribution is 0.0145. The lowest BCUT2D eigenvalue weighted by Crippen LogP contribution is -2.27. The fourth-order valence-electron chi connectivity index (χ4n) is 3.90. The van der Waals surface area contributed by atoms with Gasteiger partial charge in [0.2, 0.25) is 0 Å². The molecule has 3 aromatic rings. The smallest absolute Gasteiger partial charge is 0.274 e. The maximum atomic E-state index is 12.6. The molecule has 2 heterocycles. The van der Waals surface area contributed by atoms with Gasteiger partial charge in [0.25, 0.3) is 5.91 Å². The van der Waals surface area contributed by atoms with E-state index in [1.54, 1.807) is 12.4 Å². The van der Waals surface area contributed by atoms with E-state index >= 15 is 0 Å². The number of ether oxygens (including phenoxy) is 1. The standard InChI is InChI=1S/C24H27N3O3/c1-16-5-3-8-21(17(16)2)23(22-12-25-15-26-22)19-6-4-7-20(11-19)24(28)27-30-14-18-9-10-29-13-18/h3-8,11-12,15,18,23H,9-10,13-14H2,1-2H3,(H,25,26)(H,27,28). The SMILES string of the molecule is Cc1cccc(C(c2cccc(C(=O)NOCC3CCOC3)c2)c2cnc[nH]2)c1C. The van der Waals surface area contributed by atoms with E-state index in [0.29, 0.717) is 24.7 Å². The Morgan fingerprint density at radius 2 is 2.17 bits per heavy atom. The molecule has 1 aliphatic heterocycles. The molecular formula is C24H27N3O3. The summed E-state index contributed by atoms with van der Waals surface area (Å²) in [5.41, 5.74) is 8.79. The van der Waals surface area contributed by atoms with Crippen LogP contribution in [-0.2, 0) is 9.57 Å². The number of aromatic amines is 1. The molecule has 1 amide bonds. The third kappa shape index (κ3) is 4.45. The molecule has 6 heteroatoms. The molecule has 1 aromatic heterocycles. The van der Waals surface area contributed by atoms with Crippen molar-refractivity contribution in [1.82, 2.24) is 15.4 Å². The van der Waals surface area contributed by atoms with Crippen molar-refractivity contribution < 1.29 is 14.4 Å². The Bertz CT molecular complexity index is 995. The van der Waals surface area contributed by atoms with Crippen LogP contribution in [0.2, 0.25) is 0 Å². The van der Waals surface area contributed by atoms with E-state index in [4.69, 9.17) is 9.57 Å². The van der Waals surface area contributed by atoms with Crippen LogP contribution in [0.4, 0.5) is 0 Å². The predicted octanol–water partition coefficient (Wildman–Crippen LogP) is 3.90. The van der Waals surface area contributed by atoms with Gasteiger partial charge >= 0.3 is 0 Å². The molecular weight excluding hydrogens is 378 g/mol. The second kappa shape index (κ2) is 9.24. The normalized spacial score (nSPS) is 17.1. The number of aryl methyl sites for hydroxylation is 1. The van der Waals surface area contributed by atoms with Crippen molar-refractivity contribution in [3.63, 3.8) is 0 Å². The average Bonchev–Trinajstić information content (AvgIpc) is 3.46. The third-order valence-corrected chi connectivity index (χ3v) is 5.78. The number of amides is 1. The molecule has 1 aliphatic rings. The maximum Gasteiger partial charge on any atom is 0.274 e. The highest BCUT2D eigenvalue weighted by atomic mass is 16.7. The molecule has 1 fully saturated rings. The number of hydrogen-bond acceptors (Lipinski definition) is 4. The molecule has 0 saturated carbocycles. The highest BCUT2D eigenvalue weighted by molar-refractivity contribution is 5.93. The van der Waals surface area contributed by atoms with Crippen LogP contribution in [0, 0.1) is 19.8 Å². The first-order valence-electron chi connectivity index (χ1n) is 10.3. The summed E-state index contributed by atoms with van der Waals surface area (Å²) in [5.74, 6) is 0.0440. The summed E-state index contributed by atoms with van der Waals surface area (Å²) < 4.78 is 5.34. The number of hydroxylamine groups is 1. The fraction of sp³-hybridized carbons (Fsp3) is 0.333. The Labute approximate surface area is 176 Å². The highest BCUT2D eigenvalue weighted by Gasteiger charge is 2.22. The fourth-order valence-corrected chi connectivity index (χ4v) is 3.90. The molecule has 156 valence electrons. The Morgan fingerprint density at radius 3 is 2.93 bits per heavy atom. The Balaban J connectivity index is 1.57. The van der Waals surface area contributed by atoms with Crippen molar-refractivity contribution in [2.45, 2.75) is 26.2 Å². The number of nitrogens with one attached hydrogen (secondary N) is 2. The lowest BCUT2D eigenvalue weighted by atomic mass is 9.84. The van der Waals surface area contributed by atoms with E-state index in [-0.39, 0.29) is 11.8 Å². The number of rotatable bonds is 7. The Kier molecular flexibility index (Phi) is 6.26. The zero-order valence-corrected chi connectivity index (χ0v) is 17.4. The predicted molar refractivity (Wildman–Crippen MR) is 114 cm³/mol. The summed E-state index contributed by atoms with van der Waals surface area (Å²) >= 11 is 0. The first-order chi connectivity index (χ1) is 14.6. The van der Waals surface area contributed by atoms with Crippen LogP contribution in [0.25, 0.3) is 0 Å². The van der Waals surface area contributed by atoms with Crippen molar-refractivity contribution in [2.24, 2.45) is 5.92 Å². The van der Waals surface area contributed by atoms with Crippen molar-refractivity contribution >= 4 is 5.91 Å². The molecule has 1 saturated heterocycles. The summed E-state index contributed by atoms with van der Waals surface area (Å²) in [4.78, 5) is 25.5. The zero-order valence-electron chi connectivity index (χ0n) is 17.4. The first-order valence-corrected chi connectivity index (χ1v) is 10.3. The Hall–Kier alpha value is -2.96. The summed E-state index contributed by atoms with van der Waals surface area (Å²) in [6.07, 6.45) is 4.49. The molecule has 2 aromatic carbocycles. The average molecular weight is 405 g/mol. The molecule has 4 rings (SSSR count). The third-order valence-electron chi connectivity index (χ3n) is 5.78. The van der Waals surface area contributed by atoms with Gasteiger partial charge in [0.05, 0.1) is 25.5 Å². The van der Waals surface area contributed by atoms with Gasteiger partial charge in [0, 0.05) is 30.0 Å². The van der Waals surface area contributed by atoms with Crippen molar-refractivity contribution in [3.05, 3.63) is 88.5 Å². The highest BCUT2D eigenvalue weighted by Crippen LogP contribution is 2.34. The van der Waals surface area contributed by atoms with E-state index in [9.17, 15) is 4.79 Å². The van der Waals surface area contributed by atoms with E-state index in [1.165, 1.54) is 16.7 Å². The van der Waals surface area contributed by atoms with Gasteiger partial charge in [0.15, 0.2) is 0 Å². The molecule has 0 spiro atoms. The molecule has 6 nitrogen and oxygen atoms in total. The minimum absolute atomic E-state index is 0.0447. The van der Waals surface area contributed by atoms with Crippen molar-refractivity contribution in [1.29, 1.82) is 0 Å². The number of aromatic nitrogens is 2. The lowest BCUT2D eigenvalue weighted by Gasteiger charge is -2.20. The summed E-state index contributed by atoms with van der Waals surface area (Å²) in [5, 5.41) is 0. The second-order valence-corrected chi connectivity index (χ2v) is 7.83. The number of carbonyl (C=O) groups is 1. The van der Waals surface area contributed by atoms with Crippen LogP contribution >= 0.6 is 0 Å². The van der Waals surface area contributed by atoms with Gasteiger partial charge < -0.3 is 9.72 Å². The monoisotopic (exact) mass is 405 g/mol. The van der Waals surface area contributed by atoms with Gasteiger partial charge in [-0.1, -0.05) is 30.3 Å². The van der Waals surface area contributed by atoms with Crippen LogP contribution in [0.5, 0.6) is 0 Å². The summed E-state index contributed by atoms with van der Waals surface area (Å²) in [6.45, 7) is 6.15. The van der Waals surface area contributed by atoms with Gasteiger partial charge in [-0.15, -0.1) is 0 Å². The summed E-state index contributed by atoms with van der Waals surface area (Å²) in [6, 6.07) is 14.0. The number of imidazole rings is 1. The number of hydrogen-bond donors (Lipinski definition) is 2. The minimum Gasteiger partial charge on any atom is -0.381 e. The topological polar surface area (TPSA) is 76.2 Å². The molecule has 0 aliphatic carbocycles. The van der Waals surface area contributed by atoms with Gasteiger partial charge in [-0.2, -0.15) is 0 Å². The Morgan fingerprint density at radius 1 is 1.30 bits per heavy atom. The molecule has 0 bridgehead atoms. The van der Waals surface area contributed by atoms with E-state index in [2.05, 4.69) is 47.5 Å². The number of benzene rings is 2. The number of H-pyrrole nitrogens is 1. The summed E-state index contributed by atoms with van der Waals surface area (Å²) in [7, 11) is 0. The first kappa shape index (κ1) is 20.3. The molecule has 0 radical (unpaired) electrons. The van der Waals surface area contributed by atoms with Crippen LogP contribution < -0.4 is 5.48 Å². The van der Waals surface area contributed by atoms with Gasteiger partial charge in [-0.05, 0) is 54.7 Å².